The standard InChI is InChI=1S/C15H36N2O5Si2/c1-16-9-11-17(12-10-16)8-7-13-23(18-2,19-3)14-15-24(20-4,21-5)22-6/h7-15H2,1-6H3. The van der Waals surface area contributed by atoms with Gasteiger partial charge in [-0.2, -0.15) is 0 Å². The predicted molar refractivity (Wildman–Crippen MR) is 99.5 cm³/mol. The molecule has 1 fully saturated rings. The fraction of sp³-hybridized carbons (Fsp3) is 1.00. The Kier molecular flexibility index (Phi) is 10.2. The van der Waals surface area contributed by atoms with Gasteiger partial charge in [-0.25, -0.2) is 0 Å². The average Bonchev–Trinajstić information content (AvgIpc) is 2.63. The van der Waals surface area contributed by atoms with Crippen molar-refractivity contribution < 1.29 is 22.1 Å². The lowest BCUT2D eigenvalue weighted by Gasteiger charge is -2.34. The number of piperazine rings is 1. The number of hydrogen-bond donors (Lipinski definition) is 0. The molecule has 0 bridgehead atoms. The van der Waals surface area contributed by atoms with Crippen LogP contribution in [0.25, 0.3) is 0 Å². The van der Waals surface area contributed by atoms with E-state index in [2.05, 4.69) is 16.8 Å². The highest BCUT2D eigenvalue weighted by molar-refractivity contribution is 6.70. The maximum Gasteiger partial charge on any atom is 0.500 e. The van der Waals surface area contributed by atoms with Crippen LogP contribution in [0.5, 0.6) is 0 Å². The molecular weight excluding hydrogens is 344 g/mol. The van der Waals surface area contributed by atoms with Gasteiger partial charge in [-0.1, -0.05) is 0 Å². The Morgan fingerprint density at radius 2 is 1.25 bits per heavy atom. The Labute approximate surface area is 149 Å². The lowest BCUT2D eigenvalue weighted by molar-refractivity contribution is 0.123. The zero-order valence-corrected chi connectivity index (χ0v) is 18.3. The average molecular weight is 381 g/mol. The largest absolute Gasteiger partial charge is 0.500 e. The SMILES string of the molecule is CO[Si](CCCN1CCN(C)CC1)(CC[Si](OC)(OC)OC)OC. The van der Waals surface area contributed by atoms with Crippen molar-refractivity contribution in [3.63, 3.8) is 0 Å². The number of nitrogens with zero attached hydrogens (tertiary/aromatic N) is 2. The third kappa shape index (κ3) is 6.47. The normalized spacial score (nSPS) is 18.2. The molecule has 0 N–H and O–H groups in total. The van der Waals surface area contributed by atoms with E-state index in [4.69, 9.17) is 22.1 Å². The predicted octanol–water partition coefficient (Wildman–Crippen LogP) is 1.24. The molecule has 0 radical (unpaired) electrons. The third-order valence-corrected chi connectivity index (χ3v) is 12.0. The maximum absolute atomic E-state index is 5.87. The molecule has 0 saturated carbocycles. The van der Waals surface area contributed by atoms with Gasteiger partial charge in [0.15, 0.2) is 0 Å². The molecule has 0 aromatic heterocycles. The fourth-order valence-corrected chi connectivity index (χ4v) is 8.95. The molecule has 7 nitrogen and oxygen atoms in total. The smallest absolute Gasteiger partial charge is 0.398 e. The highest BCUT2D eigenvalue weighted by Gasteiger charge is 2.44. The molecule has 0 aliphatic carbocycles. The molecule has 0 amide bonds. The van der Waals surface area contributed by atoms with Crippen LogP contribution in [-0.4, -0.2) is 102 Å². The molecule has 0 spiro atoms. The first-order valence-corrected chi connectivity index (χ1v) is 12.8. The van der Waals surface area contributed by atoms with Crippen LogP contribution in [-0.2, 0) is 22.1 Å². The molecule has 0 aromatic carbocycles. The second kappa shape index (κ2) is 11.0. The summed E-state index contributed by atoms with van der Waals surface area (Å²) >= 11 is 0. The van der Waals surface area contributed by atoms with Crippen LogP contribution in [0.4, 0.5) is 0 Å². The van der Waals surface area contributed by atoms with Gasteiger partial charge in [-0.3, -0.25) is 0 Å². The Balaban J connectivity index is 2.48. The molecule has 1 rings (SSSR count). The van der Waals surface area contributed by atoms with Crippen LogP contribution in [0.2, 0.25) is 18.1 Å². The summed E-state index contributed by atoms with van der Waals surface area (Å²) in [6.45, 7) is 5.72. The van der Waals surface area contributed by atoms with Crippen molar-refractivity contribution in [3.8, 4) is 0 Å². The summed E-state index contributed by atoms with van der Waals surface area (Å²) in [5.41, 5.74) is 0. The van der Waals surface area contributed by atoms with Gasteiger partial charge in [0.05, 0.1) is 0 Å². The van der Waals surface area contributed by atoms with Crippen LogP contribution >= 0.6 is 0 Å². The molecule has 1 aliphatic rings. The topological polar surface area (TPSA) is 52.6 Å². The number of likely N-dealkylation sites (N-methyl/N-ethyl adjacent to an activating group) is 1. The van der Waals surface area contributed by atoms with Crippen LogP contribution in [0.15, 0.2) is 0 Å². The summed E-state index contributed by atoms with van der Waals surface area (Å²) < 4.78 is 28.3. The van der Waals surface area contributed by atoms with Crippen LogP contribution in [0.1, 0.15) is 6.42 Å². The van der Waals surface area contributed by atoms with Gasteiger partial charge in [0.2, 0.25) is 0 Å². The molecule has 1 saturated heterocycles. The number of rotatable bonds is 12. The molecule has 144 valence electrons. The van der Waals surface area contributed by atoms with Gasteiger partial charge in [-0.15, -0.1) is 0 Å². The van der Waals surface area contributed by atoms with Gasteiger partial charge in [0, 0.05) is 67.8 Å². The maximum atomic E-state index is 5.87. The quantitative estimate of drug-likeness (QED) is 0.472. The molecule has 1 heterocycles. The van der Waals surface area contributed by atoms with Gasteiger partial charge in [-0.05, 0) is 32.1 Å². The summed E-state index contributed by atoms with van der Waals surface area (Å²) in [7, 11) is 5.84. The summed E-state index contributed by atoms with van der Waals surface area (Å²) in [6, 6.07) is 2.53. The lowest BCUT2D eigenvalue weighted by atomic mass is 10.3. The van der Waals surface area contributed by atoms with Crippen molar-refractivity contribution in [2.45, 2.75) is 24.6 Å². The zero-order valence-electron chi connectivity index (χ0n) is 16.3. The van der Waals surface area contributed by atoms with E-state index in [1.807, 2.05) is 0 Å². The van der Waals surface area contributed by atoms with Crippen molar-refractivity contribution in [2.24, 2.45) is 0 Å². The molecule has 24 heavy (non-hydrogen) atoms. The van der Waals surface area contributed by atoms with E-state index in [-0.39, 0.29) is 0 Å². The monoisotopic (exact) mass is 380 g/mol. The van der Waals surface area contributed by atoms with E-state index in [9.17, 15) is 0 Å². The van der Waals surface area contributed by atoms with Crippen LogP contribution < -0.4 is 0 Å². The van der Waals surface area contributed by atoms with Crippen molar-refractivity contribution in [1.82, 2.24) is 9.80 Å². The van der Waals surface area contributed by atoms with Gasteiger partial charge in [0.1, 0.15) is 0 Å². The van der Waals surface area contributed by atoms with E-state index in [1.54, 1.807) is 35.5 Å². The van der Waals surface area contributed by atoms with E-state index in [0.717, 1.165) is 57.3 Å². The summed E-state index contributed by atoms with van der Waals surface area (Å²) in [6.07, 6.45) is 1.10. The molecule has 0 aromatic rings. The van der Waals surface area contributed by atoms with Crippen molar-refractivity contribution in [1.29, 1.82) is 0 Å². The molecule has 0 atom stereocenters. The minimum Gasteiger partial charge on any atom is -0.398 e. The van der Waals surface area contributed by atoms with Crippen molar-refractivity contribution in [3.05, 3.63) is 0 Å². The van der Waals surface area contributed by atoms with E-state index < -0.39 is 17.4 Å². The molecule has 0 unspecified atom stereocenters. The van der Waals surface area contributed by atoms with Gasteiger partial charge >= 0.3 is 17.4 Å². The summed E-state index contributed by atoms with van der Waals surface area (Å²) in [4.78, 5) is 4.91. The van der Waals surface area contributed by atoms with E-state index >= 15 is 0 Å². The Morgan fingerprint density at radius 1 is 0.708 bits per heavy atom. The Bertz CT molecular complexity index is 328. The lowest BCUT2D eigenvalue weighted by Crippen LogP contribution is -2.48. The molecule has 1 aliphatic heterocycles. The van der Waals surface area contributed by atoms with E-state index in [0.29, 0.717) is 0 Å². The second-order valence-corrected chi connectivity index (χ2v) is 13.1. The molecular formula is C15H36N2O5Si2. The molecule has 9 heteroatoms. The van der Waals surface area contributed by atoms with Crippen molar-refractivity contribution >= 4 is 17.4 Å². The van der Waals surface area contributed by atoms with Crippen LogP contribution in [0.3, 0.4) is 0 Å². The van der Waals surface area contributed by atoms with Crippen molar-refractivity contribution in [2.75, 3.05) is 75.3 Å². The first-order chi connectivity index (χ1) is 11.5. The second-order valence-electron chi connectivity index (χ2n) is 6.36. The third-order valence-electron chi connectivity index (χ3n) is 5.12. The highest BCUT2D eigenvalue weighted by atomic mass is 28.4. The van der Waals surface area contributed by atoms with E-state index in [1.165, 1.54) is 0 Å². The summed E-state index contributed by atoms with van der Waals surface area (Å²) in [5.74, 6) is 0. The van der Waals surface area contributed by atoms with Crippen LogP contribution in [0, 0.1) is 0 Å². The first-order valence-electron chi connectivity index (χ1n) is 8.65. The fourth-order valence-electron chi connectivity index (χ4n) is 3.16. The minimum atomic E-state index is -2.58. The first kappa shape index (κ1) is 22.2. The number of hydrogen-bond acceptors (Lipinski definition) is 7. The summed E-state index contributed by atoms with van der Waals surface area (Å²) in [5, 5.41) is 0. The Morgan fingerprint density at radius 3 is 1.71 bits per heavy atom. The Hall–Kier alpha value is 0.154. The van der Waals surface area contributed by atoms with Gasteiger partial charge < -0.3 is 31.9 Å². The zero-order chi connectivity index (χ0) is 18.1. The minimum absolute atomic E-state index is 0.721. The van der Waals surface area contributed by atoms with Gasteiger partial charge in [0.25, 0.3) is 0 Å². The highest BCUT2D eigenvalue weighted by Crippen LogP contribution is 2.27.